The van der Waals surface area contributed by atoms with Gasteiger partial charge < -0.3 is 15.2 Å². The molecule has 0 bridgehead atoms. The van der Waals surface area contributed by atoms with Gasteiger partial charge in [0.1, 0.15) is 18.1 Å². The lowest BCUT2D eigenvalue weighted by atomic mass is 10.2. The summed E-state index contributed by atoms with van der Waals surface area (Å²) in [6.07, 6.45) is 1.57. The van der Waals surface area contributed by atoms with Crippen LogP contribution in [0, 0.1) is 0 Å². The Labute approximate surface area is 117 Å². The van der Waals surface area contributed by atoms with Crippen LogP contribution in [0.15, 0.2) is 42.6 Å². The fourth-order valence-electron chi connectivity index (χ4n) is 1.61. The SMILES string of the molecule is COc1ccc(COC(=O)c2ccc(CN)cn2)cc1. The molecular weight excluding hydrogens is 256 g/mol. The van der Waals surface area contributed by atoms with Crippen molar-refractivity contribution in [2.45, 2.75) is 13.2 Å². The van der Waals surface area contributed by atoms with Crippen molar-refractivity contribution in [3.05, 3.63) is 59.4 Å². The zero-order valence-electron chi connectivity index (χ0n) is 11.2. The molecule has 5 nitrogen and oxygen atoms in total. The number of pyridine rings is 1. The molecule has 0 amide bonds. The molecule has 0 atom stereocenters. The molecule has 2 rings (SSSR count). The highest BCUT2D eigenvalue weighted by molar-refractivity contribution is 5.87. The normalized spacial score (nSPS) is 10.1. The molecule has 0 saturated carbocycles. The molecule has 0 spiro atoms. The summed E-state index contributed by atoms with van der Waals surface area (Å²) in [5.41, 5.74) is 7.50. The minimum Gasteiger partial charge on any atom is -0.497 e. The topological polar surface area (TPSA) is 74.4 Å². The number of carbonyl (C=O) groups is 1. The fourth-order valence-corrected chi connectivity index (χ4v) is 1.61. The molecule has 0 saturated heterocycles. The Balaban J connectivity index is 1.93. The maximum absolute atomic E-state index is 11.8. The number of benzene rings is 1. The van der Waals surface area contributed by atoms with Crippen LogP contribution in [0.3, 0.4) is 0 Å². The molecule has 0 radical (unpaired) electrons. The Kier molecular flexibility index (Phi) is 4.68. The van der Waals surface area contributed by atoms with Crippen molar-refractivity contribution in [2.75, 3.05) is 7.11 Å². The van der Waals surface area contributed by atoms with Crippen LogP contribution in [0.4, 0.5) is 0 Å². The Hall–Kier alpha value is -2.40. The van der Waals surface area contributed by atoms with E-state index < -0.39 is 5.97 Å². The van der Waals surface area contributed by atoms with Crippen molar-refractivity contribution in [2.24, 2.45) is 5.73 Å². The maximum atomic E-state index is 11.8. The van der Waals surface area contributed by atoms with Gasteiger partial charge >= 0.3 is 5.97 Å². The van der Waals surface area contributed by atoms with Gasteiger partial charge in [-0.25, -0.2) is 9.78 Å². The van der Waals surface area contributed by atoms with E-state index in [1.54, 1.807) is 25.4 Å². The lowest BCUT2D eigenvalue weighted by Gasteiger charge is -2.06. The molecule has 104 valence electrons. The molecule has 1 heterocycles. The molecule has 5 heteroatoms. The third-order valence-electron chi connectivity index (χ3n) is 2.80. The molecule has 2 aromatic rings. The van der Waals surface area contributed by atoms with Gasteiger partial charge in [-0.05, 0) is 29.3 Å². The number of aromatic nitrogens is 1. The van der Waals surface area contributed by atoms with Crippen LogP contribution >= 0.6 is 0 Å². The van der Waals surface area contributed by atoms with Crippen LogP contribution in [-0.2, 0) is 17.9 Å². The predicted octanol–water partition coefficient (Wildman–Crippen LogP) is 1.91. The van der Waals surface area contributed by atoms with Crippen molar-refractivity contribution in [1.82, 2.24) is 4.98 Å². The standard InChI is InChI=1S/C15H16N2O3/c1-19-13-5-2-11(3-6-13)10-20-15(18)14-7-4-12(8-16)9-17-14/h2-7,9H,8,10,16H2,1H3. The molecule has 1 aromatic heterocycles. The van der Waals surface area contributed by atoms with Crippen molar-refractivity contribution in [3.63, 3.8) is 0 Å². The lowest BCUT2D eigenvalue weighted by molar-refractivity contribution is 0.0465. The lowest BCUT2D eigenvalue weighted by Crippen LogP contribution is -2.08. The number of carbonyl (C=O) groups excluding carboxylic acids is 1. The third kappa shape index (κ3) is 3.55. The van der Waals surface area contributed by atoms with E-state index in [4.69, 9.17) is 15.2 Å². The molecular formula is C15H16N2O3. The smallest absolute Gasteiger partial charge is 0.357 e. The highest BCUT2D eigenvalue weighted by Crippen LogP contribution is 2.12. The number of esters is 1. The number of methoxy groups -OCH3 is 1. The summed E-state index contributed by atoms with van der Waals surface area (Å²) >= 11 is 0. The van der Waals surface area contributed by atoms with E-state index in [1.165, 1.54) is 0 Å². The first-order valence-electron chi connectivity index (χ1n) is 6.18. The van der Waals surface area contributed by atoms with Gasteiger partial charge in [-0.2, -0.15) is 0 Å². The highest BCUT2D eigenvalue weighted by Gasteiger charge is 2.08. The van der Waals surface area contributed by atoms with Gasteiger partial charge in [0.05, 0.1) is 7.11 Å². The fraction of sp³-hybridized carbons (Fsp3) is 0.200. The van der Waals surface area contributed by atoms with Crippen LogP contribution in [-0.4, -0.2) is 18.1 Å². The van der Waals surface area contributed by atoms with E-state index in [2.05, 4.69) is 4.98 Å². The third-order valence-corrected chi connectivity index (χ3v) is 2.80. The molecule has 20 heavy (non-hydrogen) atoms. The largest absolute Gasteiger partial charge is 0.497 e. The average molecular weight is 272 g/mol. The van der Waals surface area contributed by atoms with Crippen molar-refractivity contribution >= 4 is 5.97 Å². The average Bonchev–Trinajstić information content (AvgIpc) is 2.53. The maximum Gasteiger partial charge on any atom is 0.357 e. The number of hydrogen-bond acceptors (Lipinski definition) is 5. The van der Waals surface area contributed by atoms with Gasteiger partial charge in [-0.1, -0.05) is 18.2 Å². The number of ether oxygens (including phenoxy) is 2. The van der Waals surface area contributed by atoms with E-state index in [9.17, 15) is 4.79 Å². The summed E-state index contributed by atoms with van der Waals surface area (Å²) in [6.45, 7) is 0.595. The van der Waals surface area contributed by atoms with E-state index in [-0.39, 0.29) is 12.3 Å². The minimum atomic E-state index is -0.454. The van der Waals surface area contributed by atoms with Crippen LogP contribution in [0.2, 0.25) is 0 Å². The Morgan fingerprint density at radius 1 is 1.15 bits per heavy atom. The Bertz CT molecular complexity index is 565. The summed E-state index contributed by atoms with van der Waals surface area (Å²) in [5, 5.41) is 0. The molecule has 1 aromatic carbocycles. The zero-order valence-corrected chi connectivity index (χ0v) is 11.2. The second kappa shape index (κ2) is 6.68. The monoisotopic (exact) mass is 272 g/mol. The van der Waals surface area contributed by atoms with Crippen molar-refractivity contribution in [3.8, 4) is 5.75 Å². The first-order chi connectivity index (χ1) is 9.72. The van der Waals surface area contributed by atoms with E-state index >= 15 is 0 Å². The van der Waals surface area contributed by atoms with Crippen LogP contribution < -0.4 is 10.5 Å². The van der Waals surface area contributed by atoms with Gasteiger partial charge in [0.15, 0.2) is 0 Å². The van der Waals surface area contributed by atoms with Gasteiger partial charge in [0, 0.05) is 12.7 Å². The summed E-state index contributed by atoms with van der Waals surface area (Å²) in [4.78, 5) is 15.8. The molecule has 0 aliphatic rings. The first kappa shape index (κ1) is 14.0. The van der Waals surface area contributed by atoms with E-state index in [1.807, 2.05) is 24.3 Å². The van der Waals surface area contributed by atoms with Gasteiger partial charge in [-0.3, -0.25) is 0 Å². The second-order valence-corrected chi connectivity index (χ2v) is 4.18. The second-order valence-electron chi connectivity index (χ2n) is 4.18. The van der Waals surface area contributed by atoms with Crippen molar-refractivity contribution in [1.29, 1.82) is 0 Å². The van der Waals surface area contributed by atoms with Crippen LogP contribution in [0.1, 0.15) is 21.6 Å². The van der Waals surface area contributed by atoms with Gasteiger partial charge in [0.2, 0.25) is 0 Å². The molecule has 0 unspecified atom stereocenters. The Morgan fingerprint density at radius 2 is 1.85 bits per heavy atom. The van der Waals surface area contributed by atoms with Crippen molar-refractivity contribution < 1.29 is 14.3 Å². The highest BCUT2D eigenvalue weighted by atomic mass is 16.5. The predicted molar refractivity (Wildman–Crippen MR) is 74.2 cm³/mol. The summed E-state index contributed by atoms with van der Waals surface area (Å²) < 4.78 is 10.2. The number of nitrogens with zero attached hydrogens (tertiary/aromatic N) is 1. The zero-order chi connectivity index (χ0) is 14.4. The summed E-state index contributed by atoms with van der Waals surface area (Å²) in [5.74, 6) is 0.309. The Morgan fingerprint density at radius 3 is 2.40 bits per heavy atom. The first-order valence-corrected chi connectivity index (χ1v) is 6.18. The van der Waals surface area contributed by atoms with Gasteiger partial charge in [0.25, 0.3) is 0 Å². The number of hydrogen-bond donors (Lipinski definition) is 1. The van der Waals surface area contributed by atoms with Crippen LogP contribution in [0.25, 0.3) is 0 Å². The molecule has 0 aliphatic heterocycles. The quantitative estimate of drug-likeness (QED) is 0.841. The van der Waals surface area contributed by atoms with Crippen LogP contribution in [0.5, 0.6) is 5.75 Å². The summed E-state index contributed by atoms with van der Waals surface area (Å²) in [7, 11) is 1.60. The molecule has 2 N–H and O–H groups in total. The van der Waals surface area contributed by atoms with Gasteiger partial charge in [-0.15, -0.1) is 0 Å². The number of nitrogens with two attached hydrogens (primary N) is 1. The molecule has 0 fully saturated rings. The minimum absolute atomic E-state index is 0.198. The van der Waals surface area contributed by atoms with E-state index in [0.29, 0.717) is 6.54 Å². The summed E-state index contributed by atoms with van der Waals surface area (Å²) in [6, 6.07) is 10.7. The molecule has 0 aliphatic carbocycles. The van der Waals surface area contributed by atoms with E-state index in [0.717, 1.165) is 16.9 Å². The number of rotatable bonds is 5.